The van der Waals surface area contributed by atoms with Gasteiger partial charge >= 0.3 is 0 Å². The summed E-state index contributed by atoms with van der Waals surface area (Å²) in [6, 6.07) is 18.6. The van der Waals surface area contributed by atoms with Gasteiger partial charge in [0.1, 0.15) is 5.01 Å². The molecule has 3 unspecified atom stereocenters. The van der Waals surface area contributed by atoms with Crippen LogP contribution in [0.1, 0.15) is 111 Å². The topological polar surface area (TPSA) is 113 Å². The molecule has 3 N–H and O–H groups in total. The first-order chi connectivity index (χ1) is 21.9. The predicted octanol–water partition coefficient (Wildman–Crippen LogP) is 8.00. The number of hydrogen-bond donors (Lipinski definition) is 3. The summed E-state index contributed by atoms with van der Waals surface area (Å²) in [5.74, 6) is 1.63. The largest absolute Gasteiger partial charge is 0.309 e. The maximum Gasteiger partial charge on any atom is 0.230 e. The van der Waals surface area contributed by atoms with Crippen molar-refractivity contribution in [3.8, 4) is 0 Å². The lowest BCUT2D eigenvalue weighted by atomic mass is 9.80. The molecule has 45 heavy (non-hydrogen) atoms. The van der Waals surface area contributed by atoms with Crippen molar-refractivity contribution in [2.24, 2.45) is 5.92 Å². The third-order valence-electron chi connectivity index (χ3n) is 8.89. The molecule has 1 saturated carbocycles. The molecule has 9 heteroatoms. The second-order valence-electron chi connectivity index (χ2n) is 12.6. The van der Waals surface area contributed by atoms with Crippen LogP contribution < -0.4 is 10.6 Å². The Balaban J connectivity index is 1.10. The van der Waals surface area contributed by atoms with Crippen LogP contribution in [0.5, 0.6) is 0 Å². The highest BCUT2D eigenvalue weighted by Crippen LogP contribution is 2.42. The lowest BCUT2D eigenvalue weighted by molar-refractivity contribution is -0.116. The van der Waals surface area contributed by atoms with Crippen LogP contribution in [0.2, 0.25) is 0 Å². The average molecular weight is 627 g/mol. The van der Waals surface area contributed by atoms with Gasteiger partial charge in [-0.15, -0.1) is 10.2 Å². The van der Waals surface area contributed by atoms with Crippen LogP contribution in [0.15, 0.2) is 54.6 Å². The lowest BCUT2D eigenvalue weighted by Crippen LogP contribution is -2.15. The Labute approximate surface area is 270 Å². The molecule has 2 heterocycles. The molecule has 2 aromatic heterocycles. The van der Waals surface area contributed by atoms with Gasteiger partial charge in [0.15, 0.2) is 5.82 Å². The quantitative estimate of drug-likeness (QED) is 0.131. The van der Waals surface area contributed by atoms with Crippen molar-refractivity contribution in [1.29, 1.82) is 0 Å². The highest BCUT2D eigenvalue weighted by molar-refractivity contribution is 7.15. The van der Waals surface area contributed by atoms with E-state index in [0.29, 0.717) is 35.6 Å². The number of aromatic nitrogens is 4. The van der Waals surface area contributed by atoms with Crippen LogP contribution in [0.25, 0.3) is 0 Å². The van der Waals surface area contributed by atoms with Gasteiger partial charge in [0, 0.05) is 23.6 Å². The molecule has 1 aliphatic carbocycles. The molecule has 1 fully saturated rings. The minimum absolute atomic E-state index is 0.0725. The van der Waals surface area contributed by atoms with E-state index >= 15 is 0 Å². The molecule has 0 aliphatic heterocycles. The Morgan fingerprint density at radius 3 is 2.22 bits per heavy atom. The average Bonchev–Trinajstić information content (AvgIpc) is 3.71. The number of H-pyrrole nitrogens is 1. The third kappa shape index (κ3) is 9.57. The Morgan fingerprint density at radius 1 is 0.889 bits per heavy atom. The van der Waals surface area contributed by atoms with Gasteiger partial charge in [0.2, 0.25) is 16.9 Å². The summed E-state index contributed by atoms with van der Waals surface area (Å²) in [6.45, 7) is 6.67. The molecular weight excluding hydrogens is 581 g/mol. The van der Waals surface area contributed by atoms with Crippen molar-refractivity contribution < 1.29 is 9.59 Å². The number of nitrogens with one attached hydrogen (secondary N) is 3. The number of anilines is 2. The Hall–Kier alpha value is -3.85. The highest BCUT2D eigenvalue weighted by Gasteiger charge is 2.28. The van der Waals surface area contributed by atoms with Crippen molar-refractivity contribution in [3.05, 3.63) is 87.6 Å². The summed E-state index contributed by atoms with van der Waals surface area (Å²) in [5.41, 5.74) is 5.64. The smallest absolute Gasteiger partial charge is 0.230 e. The molecule has 0 spiro atoms. The maximum atomic E-state index is 12.7. The van der Waals surface area contributed by atoms with Gasteiger partial charge in [0.05, 0.1) is 12.8 Å². The number of unbranched alkanes of at least 4 members (excludes halogenated alkanes) is 1. The zero-order valence-corrected chi connectivity index (χ0v) is 27.6. The Bertz CT molecular complexity index is 1530. The van der Waals surface area contributed by atoms with Gasteiger partial charge in [-0.2, -0.15) is 5.10 Å². The molecule has 2 aromatic carbocycles. The normalized spacial score (nSPS) is 17.1. The summed E-state index contributed by atoms with van der Waals surface area (Å²) >= 11 is 1.47. The minimum atomic E-state index is -0.0776. The highest BCUT2D eigenvalue weighted by atomic mass is 32.1. The van der Waals surface area contributed by atoms with Crippen molar-refractivity contribution in [1.82, 2.24) is 20.4 Å². The molecular formula is C36H46N6O2S. The second-order valence-corrected chi connectivity index (χ2v) is 13.6. The summed E-state index contributed by atoms with van der Waals surface area (Å²) in [6.07, 6.45) is 10.4. The number of aryl methyl sites for hydroxylation is 1. The molecule has 0 saturated heterocycles. The number of rotatable bonds is 14. The fourth-order valence-electron chi connectivity index (χ4n) is 6.02. The molecule has 2 amide bonds. The van der Waals surface area contributed by atoms with Gasteiger partial charge in [-0.1, -0.05) is 99.9 Å². The zero-order valence-electron chi connectivity index (χ0n) is 26.8. The van der Waals surface area contributed by atoms with Crippen LogP contribution in [0.4, 0.5) is 10.9 Å². The summed E-state index contributed by atoms with van der Waals surface area (Å²) in [7, 11) is 0. The summed E-state index contributed by atoms with van der Waals surface area (Å²) < 4.78 is 0. The van der Waals surface area contributed by atoms with Crippen molar-refractivity contribution in [2.45, 2.75) is 103 Å². The van der Waals surface area contributed by atoms with E-state index in [1.54, 1.807) is 0 Å². The van der Waals surface area contributed by atoms with Crippen molar-refractivity contribution in [2.75, 3.05) is 10.6 Å². The zero-order chi connectivity index (χ0) is 31.6. The van der Waals surface area contributed by atoms with Gasteiger partial charge < -0.3 is 10.6 Å². The van der Waals surface area contributed by atoms with Gasteiger partial charge in [-0.05, 0) is 66.7 Å². The molecule has 0 radical (unpaired) electrons. The molecule has 0 bridgehead atoms. The fourth-order valence-corrected chi connectivity index (χ4v) is 6.93. The van der Waals surface area contributed by atoms with Crippen LogP contribution in [-0.2, 0) is 35.3 Å². The van der Waals surface area contributed by atoms with Crippen LogP contribution >= 0.6 is 11.3 Å². The van der Waals surface area contributed by atoms with E-state index in [1.165, 1.54) is 35.3 Å². The van der Waals surface area contributed by atoms with Crippen molar-refractivity contribution in [3.63, 3.8) is 0 Å². The first-order valence-electron chi connectivity index (χ1n) is 16.5. The third-order valence-corrected chi connectivity index (χ3v) is 9.89. The summed E-state index contributed by atoms with van der Waals surface area (Å²) in [4.78, 5) is 25.4. The molecule has 3 atom stereocenters. The molecule has 1 aliphatic rings. The number of carbonyl (C=O) groups is 2. The number of benzene rings is 2. The van der Waals surface area contributed by atoms with Crippen molar-refractivity contribution >= 4 is 34.1 Å². The summed E-state index contributed by atoms with van der Waals surface area (Å²) in [5, 5.41) is 23.7. The van der Waals surface area contributed by atoms with E-state index in [4.69, 9.17) is 0 Å². The number of amides is 2. The van der Waals surface area contributed by atoms with Crippen LogP contribution in [0.3, 0.4) is 0 Å². The number of hydrogen-bond acceptors (Lipinski definition) is 6. The Morgan fingerprint density at radius 2 is 1.53 bits per heavy atom. The van der Waals surface area contributed by atoms with E-state index in [-0.39, 0.29) is 17.7 Å². The van der Waals surface area contributed by atoms with Crippen LogP contribution in [0, 0.1) is 5.92 Å². The molecule has 8 nitrogen and oxygen atoms in total. The molecule has 5 rings (SSSR count). The minimum Gasteiger partial charge on any atom is -0.309 e. The first kappa shape index (κ1) is 32.5. The van der Waals surface area contributed by atoms with Gasteiger partial charge in [-0.25, -0.2) is 0 Å². The maximum absolute atomic E-state index is 12.7. The number of nitrogens with zero attached hydrogens (tertiary/aromatic N) is 3. The monoisotopic (exact) mass is 626 g/mol. The number of aromatic amines is 1. The van der Waals surface area contributed by atoms with E-state index in [9.17, 15) is 9.59 Å². The molecule has 238 valence electrons. The van der Waals surface area contributed by atoms with Gasteiger partial charge in [0.25, 0.3) is 0 Å². The second kappa shape index (κ2) is 15.9. The SMILES string of the molecule is CCCCc1ccc(CC(=O)Nc2nnc(C3CCCC(c4cc(NC(=O)Cc5ccc(CC(C)CC)cc5)n[nH]4)C3)s2)cc1. The first-order valence-corrected chi connectivity index (χ1v) is 17.3. The standard InChI is InChI=1S/C36H46N6O2S/c1-4-6-8-25-11-13-27(14-12-25)21-34(44)38-36-42-41-35(45-36)30-10-7-9-29(22-30)31-23-32(40-39-31)37-33(43)20-28-17-15-26(16-18-28)19-24(3)5-2/h11-18,23-24,29-30H,4-10,19-22H2,1-3H3,(H,38,42,44)(H2,37,39,40,43). The lowest BCUT2D eigenvalue weighted by Gasteiger charge is -2.26. The van der Waals surface area contributed by atoms with E-state index < -0.39 is 0 Å². The molecule has 4 aromatic rings. The predicted molar refractivity (Wildman–Crippen MR) is 182 cm³/mol. The fraction of sp³-hybridized carbons (Fsp3) is 0.472. The van der Waals surface area contributed by atoms with E-state index in [2.05, 4.69) is 76.1 Å². The van der Waals surface area contributed by atoms with E-state index in [1.807, 2.05) is 30.3 Å². The van der Waals surface area contributed by atoms with E-state index in [0.717, 1.165) is 66.8 Å². The van der Waals surface area contributed by atoms with Crippen LogP contribution in [-0.4, -0.2) is 32.2 Å². The number of carbonyl (C=O) groups excluding carboxylic acids is 2. The van der Waals surface area contributed by atoms with Gasteiger partial charge in [-0.3, -0.25) is 14.7 Å². The Kier molecular flexibility index (Phi) is 11.5.